The van der Waals surface area contributed by atoms with Crippen molar-refractivity contribution in [2.75, 3.05) is 12.4 Å². The number of rotatable bonds is 3. The van der Waals surface area contributed by atoms with Crippen molar-refractivity contribution in [2.24, 2.45) is 11.5 Å². The zero-order valence-electron chi connectivity index (χ0n) is 9.02. The maximum atomic E-state index is 11.2. The number of hydrogen-bond acceptors (Lipinski definition) is 4. The van der Waals surface area contributed by atoms with Crippen LogP contribution < -0.4 is 21.5 Å². The quantitative estimate of drug-likeness (QED) is 0.596. The molecule has 0 heterocycles. The van der Waals surface area contributed by atoms with Crippen LogP contribution in [0.1, 0.15) is 10.4 Å². The standard InChI is InChI=1S/C10H11N3O4/c1-17-6-4-2-3-5(7(6)8(11)14)13-10(16)9(12)15/h2-4H,1H3,(H2,11,14)(H2,12,15)(H,13,16). The van der Waals surface area contributed by atoms with Gasteiger partial charge in [0, 0.05) is 0 Å². The minimum Gasteiger partial charge on any atom is -0.496 e. The third-order valence-electron chi connectivity index (χ3n) is 1.96. The summed E-state index contributed by atoms with van der Waals surface area (Å²) in [6.45, 7) is 0. The Morgan fingerprint density at radius 1 is 1.24 bits per heavy atom. The van der Waals surface area contributed by atoms with Crippen LogP contribution in [0.2, 0.25) is 0 Å². The minimum atomic E-state index is -1.16. The van der Waals surface area contributed by atoms with E-state index < -0.39 is 17.7 Å². The monoisotopic (exact) mass is 237 g/mol. The number of carbonyl (C=O) groups is 3. The molecule has 0 aromatic heterocycles. The molecule has 1 aromatic rings. The molecule has 0 aliphatic rings. The topological polar surface area (TPSA) is 125 Å². The second-order valence-corrected chi connectivity index (χ2v) is 3.07. The molecule has 0 spiro atoms. The van der Waals surface area contributed by atoms with Crippen molar-refractivity contribution < 1.29 is 19.1 Å². The van der Waals surface area contributed by atoms with Crippen LogP contribution in [0.15, 0.2) is 18.2 Å². The molecule has 0 aliphatic heterocycles. The second-order valence-electron chi connectivity index (χ2n) is 3.07. The van der Waals surface area contributed by atoms with Gasteiger partial charge in [-0.15, -0.1) is 0 Å². The van der Waals surface area contributed by atoms with Crippen molar-refractivity contribution in [1.82, 2.24) is 0 Å². The molecule has 1 rings (SSSR count). The molecule has 7 nitrogen and oxygen atoms in total. The number of primary amides is 2. The summed E-state index contributed by atoms with van der Waals surface area (Å²) in [7, 11) is 1.35. The van der Waals surface area contributed by atoms with E-state index in [2.05, 4.69) is 5.32 Å². The van der Waals surface area contributed by atoms with E-state index in [1.165, 1.54) is 25.3 Å². The summed E-state index contributed by atoms with van der Waals surface area (Å²) >= 11 is 0. The van der Waals surface area contributed by atoms with Gasteiger partial charge in [0.15, 0.2) is 0 Å². The molecule has 5 N–H and O–H groups in total. The Hall–Kier alpha value is -2.57. The first-order chi connectivity index (χ1) is 7.97. The number of ether oxygens (including phenoxy) is 1. The Morgan fingerprint density at radius 3 is 2.35 bits per heavy atom. The van der Waals surface area contributed by atoms with E-state index in [0.717, 1.165) is 0 Å². The molecule has 0 radical (unpaired) electrons. The lowest BCUT2D eigenvalue weighted by atomic mass is 10.1. The predicted octanol–water partition coefficient (Wildman–Crippen LogP) is -0.782. The molecular weight excluding hydrogens is 226 g/mol. The fourth-order valence-corrected chi connectivity index (χ4v) is 1.24. The van der Waals surface area contributed by atoms with Gasteiger partial charge < -0.3 is 21.5 Å². The number of hydrogen-bond donors (Lipinski definition) is 3. The molecule has 3 amide bonds. The van der Waals surface area contributed by atoms with Crippen molar-refractivity contribution >= 4 is 23.4 Å². The van der Waals surface area contributed by atoms with Crippen LogP contribution in [-0.4, -0.2) is 24.8 Å². The van der Waals surface area contributed by atoms with Gasteiger partial charge in [-0.1, -0.05) is 6.07 Å². The van der Waals surface area contributed by atoms with E-state index >= 15 is 0 Å². The van der Waals surface area contributed by atoms with Crippen molar-refractivity contribution in [3.8, 4) is 5.75 Å². The molecule has 0 bridgehead atoms. The maximum Gasteiger partial charge on any atom is 0.313 e. The lowest BCUT2D eigenvalue weighted by Crippen LogP contribution is -2.30. The number of benzene rings is 1. The van der Waals surface area contributed by atoms with Gasteiger partial charge in [-0.3, -0.25) is 14.4 Å². The summed E-state index contributed by atoms with van der Waals surface area (Å²) in [4.78, 5) is 32.9. The number of methoxy groups -OCH3 is 1. The van der Waals surface area contributed by atoms with E-state index in [-0.39, 0.29) is 17.0 Å². The molecule has 0 saturated carbocycles. The highest BCUT2D eigenvalue weighted by Crippen LogP contribution is 2.25. The molecule has 90 valence electrons. The summed E-state index contributed by atoms with van der Waals surface area (Å²) in [6.07, 6.45) is 0. The van der Waals surface area contributed by atoms with Crippen molar-refractivity contribution in [3.63, 3.8) is 0 Å². The van der Waals surface area contributed by atoms with E-state index in [4.69, 9.17) is 16.2 Å². The molecular formula is C10H11N3O4. The zero-order chi connectivity index (χ0) is 13.0. The molecule has 1 aromatic carbocycles. The van der Waals surface area contributed by atoms with Gasteiger partial charge in [0.2, 0.25) is 0 Å². The first kappa shape index (κ1) is 12.5. The van der Waals surface area contributed by atoms with Crippen LogP contribution in [-0.2, 0) is 9.59 Å². The van der Waals surface area contributed by atoms with Gasteiger partial charge in [0.05, 0.1) is 12.8 Å². The summed E-state index contributed by atoms with van der Waals surface area (Å²) in [5, 5.41) is 2.17. The average Bonchev–Trinajstić information content (AvgIpc) is 2.27. The number of amides is 3. The number of nitrogens with one attached hydrogen (secondary N) is 1. The highest BCUT2D eigenvalue weighted by Gasteiger charge is 2.17. The SMILES string of the molecule is COc1cccc(NC(=O)C(N)=O)c1C(N)=O. The number of carbonyl (C=O) groups excluding carboxylic acids is 3. The van der Waals surface area contributed by atoms with Crippen LogP contribution in [0, 0.1) is 0 Å². The van der Waals surface area contributed by atoms with Crippen LogP contribution >= 0.6 is 0 Å². The summed E-state index contributed by atoms with van der Waals surface area (Å²) < 4.78 is 4.92. The maximum absolute atomic E-state index is 11.2. The molecule has 0 atom stereocenters. The lowest BCUT2D eigenvalue weighted by Gasteiger charge is -2.11. The van der Waals surface area contributed by atoms with E-state index in [0.29, 0.717) is 0 Å². The zero-order valence-corrected chi connectivity index (χ0v) is 9.02. The van der Waals surface area contributed by atoms with Gasteiger partial charge in [-0.25, -0.2) is 0 Å². The molecule has 0 fully saturated rings. The Balaban J connectivity index is 3.19. The Bertz CT molecular complexity index is 484. The van der Waals surface area contributed by atoms with Crippen LogP contribution in [0.25, 0.3) is 0 Å². The van der Waals surface area contributed by atoms with E-state index in [1.807, 2.05) is 0 Å². The highest BCUT2D eigenvalue weighted by atomic mass is 16.5. The van der Waals surface area contributed by atoms with Crippen molar-refractivity contribution in [3.05, 3.63) is 23.8 Å². The summed E-state index contributed by atoms with van der Waals surface area (Å²) in [5.74, 6) is -2.80. The van der Waals surface area contributed by atoms with Crippen molar-refractivity contribution in [1.29, 1.82) is 0 Å². The Kier molecular flexibility index (Phi) is 3.66. The van der Waals surface area contributed by atoms with E-state index in [1.54, 1.807) is 0 Å². The minimum absolute atomic E-state index is 0.0235. The molecule has 0 unspecified atom stereocenters. The lowest BCUT2D eigenvalue weighted by molar-refractivity contribution is -0.134. The first-order valence-electron chi connectivity index (χ1n) is 4.55. The van der Waals surface area contributed by atoms with Gasteiger partial charge in [-0.05, 0) is 12.1 Å². The normalized spacial score (nSPS) is 9.47. The number of nitrogens with two attached hydrogens (primary N) is 2. The first-order valence-corrected chi connectivity index (χ1v) is 4.55. The molecule has 0 aliphatic carbocycles. The summed E-state index contributed by atoms with van der Waals surface area (Å²) in [6, 6.07) is 4.44. The number of anilines is 1. The fraction of sp³-hybridized carbons (Fsp3) is 0.100. The smallest absolute Gasteiger partial charge is 0.313 e. The molecule has 17 heavy (non-hydrogen) atoms. The van der Waals surface area contributed by atoms with Gasteiger partial charge in [-0.2, -0.15) is 0 Å². The van der Waals surface area contributed by atoms with E-state index in [9.17, 15) is 14.4 Å². The van der Waals surface area contributed by atoms with Crippen molar-refractivity contribution in [2.45, 2.75) is 0 Å². The summed E-state index contributed by atoms with van der Waals surface area (Å²) in [5.41, 5.74) is 9.99. The highest BCUT2D eigenvalue weighted by molar-refractivity contribution is 6.39. The van der Waals surface area contributed by atoms with Crippen LogP contribution in [0.5, 0.6) is 5.75 Å². The third kappa shape index (κ3) is 2.71. The average molecular weight is 237 g/mol. The Labute approximate surface area is 96.7 Å². The Morgan fingerprint density at radius 2 is 1.88 bits per heavy atom. The predicted molar refractivity (Wildman–Crippen MR) is 59.3 cm³/mol. The van der Waals surface area contributed by atoms with Crippen LogP contribution in [0.3, 0.4) is 0 Å². The largest absolute Gasteiger partial charge is 0.496 e. The van der Waals surface area contributed by atoms with Gasteiger partial charge in [0.25, 0.3) is 5.91 Å². The van der Waals surface area contributed by atoms with Gasteiger partial charge in [0.1, 0.15) is 11.3 Å². The fourth-order valence-electron chi connectivity index (χ4n) is 1.24. The van der Waals surface area contributed by atoms with Gasteiger partial charge >= 0.3 is 11.8 Å². The second kappa shape index (κ2) is 4.97. The van der Waals surface area contributed by atoms with Crippen LogP contribution in [0.4, 0.5) is 5.69 Å². The third-order valence-corrected chi connectivity index (χ3v) is 1.96. The molecule has 7 heteroatoms. The molecule has 0 saturated heterocycles.